The van der Waals surface area contributed by atoms with Crippen molar-refractivity contribution in [2.24, 2.45) is 0 Å². The maximum Gasteiger partial charge on any atom is 0.243 e. The van der Waals surface area contributed by atoms with Crippen LogP contribution in [0.1, 0.15) is 18.1 Å². The second kappa shape index (κ2) is 12.6. The molecular weight excluding hydrogens is 420 g/mol. The van der Waals surface area contributed by atoms with Crippen molar-refractivity contribution in [1.82, 2.24) is 10.6 Å². The van der Waals surface area contributed by atoms with E-state index in [2.05, 4.69) is 10.6 Å². The molecule has 1 unspecified atom stereocenters. The minimum Gasteiger partial charge on any atom is -0.489 e. The van der Waals surface area contributed by atoms with E-state index >= 15 is 0 Å². The molecule has 0 radical (unpaired) electrons. The van der Waals surface area contributed by atoms with Crippen LogP contribution in [0.25, 0.3) is 0 Å². The van der Waals surface area contributed by atoms with Crippen molar-refractivity contribution in [3.05, 3.63) is 96.1 Å². The standard InChI is InChI=1S/C26H28N2O3S/c1-20(29)28-25(26(30)27-17-16-21-8-4-2-5-9-21)19-32-24-14-12-23(13-15-24)31-18-22-10-6-3-7-11-22/h2-15,25H,16-19H2,1H3,(H,27,30)(H,28,29). The summed E-state index contributed by atoms with van der Waals surface area (Å²) in [5, 5.41) is 5.68. The van der Waals surface area contributed by atoms with Crippen molar-refractivity contribution >= 4 is 23.6 Å². The van der Waals surface area contributed by atoms with Gasteiger partial charge in [0.25, 0.3) is 0 Å². The second-order valence-corrected chi connectivity index (χ2v) is 8.43. The van der Waals surface area contributed by atoms with Crippen LogP contribution in [-0.4, -0.2) is 30.2 Å². The first kappa shape index (κ1) is 23.4. The molecule has 0 saturated carbocycles. The molecule has 3 aromatic rings. The lowest BCUT2D eigenvalue weighted by Crippen LogP contribution is -2.48. The van der Waals surface area contributed by atoms with Gasteiger partial charge in [0.05, 0.1) is 0 Å². The lowest BCUT2D eigenvalue weighted by atomic mass is 10.1. The zero-order valence-corrected chi connectivity index (χ0v) is 18.9. The van der Waals surface area contributed by atoms with Gasteiger partial charge >= 0.3 is 0 Å². The molecule has 0 saturated heterocycles. The van der Waals surface area contributed by atoms with Crippen LogP contribution in [0.5, 0.6) is 5.75 Å². The summed E-state index contributed by atoms with van der Waals surface area (Å²) in [6, 6.07) is 27.1. The highest BCUT2D eigenvalue weighted by molar-refractivity contribution is 7.99. The minimum atomic E-state index is -0.595. The van der Waals surface area contributed by atoms with Gasteiger partial charge in [-0.3, -0.25) is 9.59 Å². The first-order valence-electron chi connectivity index (χ1n) is 10.6. The summed E-state index contributed by atoms with van der Waals surface area (Å²) in [5.74, 6) is 0.834. The van der Waals surface area contributed by atoms with Gasteiger partial charge in [0.15, 0.2) is 0 Å². The van der Waals surface area contributed by atoms with E-state index < -0.39 is 6.04 Å². The molecule has 1 atom stereocenters. The highest BCUT2D eigenvalue weighted by Crippen LogP contribution is 2.23. The summed E-state index contributed by atoms with van der Waals surface area (Å²) in [4.78, 5) is 25.2. The molecular formula is C26H28N2O3S. The van der Waals surface area contributed by atoms with E-state index in [1.165, 1.54) is 18.7 Å². The van der Waals surface area contributed by atoms with Gasteiger partial charge < -0.3 is 15.4 Å². The van der Waals surface area contributed by atoms with Crippen LogP contribution < -0.4 is 15.4 Å². The van der Waals surface area contributed by atoms with Gasteiger partial charge in [0.2, 0.25) is 11.8 Å². The summed E-state index contributed by atoms with van der Waals surface area (Å²) in [5.41, 5.74) is 2.27. The lowest BCUT2D eigenvalue weighted by molar-refractivity contribution is -0.127. The van der Waals surface area contributed by atoms with Crippen LogP contribution in [0.3, 0.4) is 0 Å². The summed E-state index contributed by atoms with van der Waals surface area (Å²) in [6.45, 7) is 2.46. The van der Waals surface area contributed by atoms with Crippen LogP contribution in [0.15, 0.2) is 89.8 Å². The normalized spacial score (nSPS) is 11.4. The van der Waals surface area contributed by atoms with E-state index in [0.717, 1.165) is 28.2 Å². The van der Waals surface area contributed by atoms with Crippen LogP contribution >= 0.6 is 11.8 Å². The predicted molar refractivity (Wildman–Crippen MR) is 129 cm³/mol. The number of ether oxygens (including phenoxy) is 1. The largest absolute Gasteiger partial charge is 0.489 e. The maximum atomic E-state index is 12.6. The number of carbonyl (C=O) groups excluding carboxylic acids is 2. The Morgan fingerprint density at radius 3 is 2.12 bits per heavy atom. The summed E-state index contributed by atoms with van der Waals surface area (Å²) in [6.07, 6.45) is 0.747. The molecule has 5 nitrogen and oxygen atoms in total. The van der Waals surface area contributed by atoms with Crippen molar-refractivity contribution in [1.29, 1.82) is 0 Å². The fourth-order valence-corrected chi connectivity index (χ4v) is 4.00. The minimum absolute atomic E-state index is 0.175. The van der Waals surface area contributed by atoms with Crippen LogP contribution in [-0.2, 0) is 22.6 Å². The molecule has 0 aliphatic rings. The number of hydrogen-bond acceptors (Lipinski definition) is 4. The third-order valence-electron chi connectivity index (χ3n) is 4.74. The Kier molecular flexibility index (Phi) is 9.20. The van der Waals surface area contributed by atoms with Crippen LogP contribution in [0.4, 0.5) is 0 Å². The van der Waals surface area contributed by atoms with E-state index in [1.807, 2.05) is 84.9 Å². The number of benzene rings is 3. The molecule has 0 heterocycles. The molecule has 166 valence electrons. The van der Waals surface area contributed by atoms with Gasteiger partial charge in [-0.05, 0) is 41.8 Å². The van der Waals surface area contributed by atoms with Crippen molar-refractivity contribution in [2.75, 3.05) is 12.3 Å². The number of carbonyl (C=O) groups is 2. The van der Waals surface area contributed by atoms with Gasteiger partial charge in [0.1, 0.15) is 18.4 Å². The molecule has 0 spiro atoms. The molecule has 0 aromatic heterocycles. The quantitative estimate of drug-likeness (QED) is 0.431. The number of thioether (sulfide) groups is 1. The second-order valence-electron chi connectivity index (χ2n) is 7.34. The predicted octanol–water partition coefficient (Wildman–Crippen LogP) is 4.22. The Morgan fingerprint density at radius 1 is 0.875 bits per heavy atom. The molecule has 0 aliphatic heterocycles. The monoisotopic (exact) mass is 448 g/mol. The highest BCUT2D eigenvalue weighted by Gasteiger charge is 2.19. The Bertz CT molecular complexity index is 979. The van der Waals surface area contributed by atoms with E-state index in [-0.39, 0.29) is 11.8 Å². The Morgan fingerprint density at radius 2 is 1.50 bits per heavy atom. The summed E-state index contributed by atoms with van der Waals surface area (Å²) >= 11 is 1.52. The van der Waals surface area contributed by atoms with Gasteiger partial charge in [0, 0.05) is 24.1 Å². The number of nitrogens with one attached hydrogen (secondary N) is 2. The Labute approximate surface area is 193 Å². The van der Waals surface area contributed by atoms with Gasteiger partial charge in [-0.1, -0.05) is 60.7 Å². The number of rotatable bonds is 11. The highest BCUT2D eigenvalue weighted by atomic mass is 32.2. The maximum absolute atomic E-state index is 12.6. The topological polar surface area (TPSA) is 67.4 Å². The third kappa shape index (κ3) is 8.12. The average molecular weight is 449 g/mol. The molecule has 3 aromatic carbocycles. The van der Waals surface area contributed by atoms with Gasteiger partial charge in [-0.25, -0.2) is 0 Å². The molecule has 32 heavy (non-hydrogen) atoms. The van der Waals surface area contributed by atoms with Crippen molar-refractivity contribution in [3.8, 4) is 5.75 Å². The molecule has 3 rings (SSSR count). The number of hydrogen-bond donors (Lipinski definition) is 2. The third-order valence-corrected chi connectivity index (χ3v) is 5.84. The van der Waals surface area contributed by atoms with Crippen LogP contribution in [0, 0.1) is 0 Å². The lowest BCUT2D eigenvalue weighted by Gasteiger charge is -2.17. The molecule has 2 amide bonds. The smallest absolute Gasteiger partial charge is 0.243 e. The zero-order valence-electron chi connectivity index (χ0n) is 18.1. The fraction of sp³-hybridized carbons (Fsp3) is 0.231. The Balaban J connectivity index is 1.47. The summed E-state index contributed by atoms with van der Waals surface area (Å²) < 4.78 is 5.81. The van der Waals surface area contributed by atoms with Gasteiger partial charge in [-0.2, -0.15) is 0 Å². The SMILES string of the molecule is CC(=O)NC(CSc1ccc(OCc2ccccc2)cc1)C(=O)NCCc1ccccc1. The summed E-state index contributed by atoms with van der Waals surface area (Å²) in [7, 11) is 0. The Hall–Kier alpha value is -3.25. The average Bonchev–Trinajstić information content (AvgIpc) is 2.82. The van der Waals surface area contributed by atoms with Crippen molar-refractivity contribution in [2.45, 2.75) is 30.9 Å². The first-order chi connectivity index (χ1) is 15.6. The van der Waals surface area contributed by atoms with Crippen molar-refractivity contribution in [3.63, 3.8) is 0 Å². The molecule has 0 bridgehead atoms. The fourth-order valence-electron chi connectivity index (χ4n) is 3.08. The molecule has 0 fully saturated rings. The van der Waals surface area contributed by atoms with Crippen LogP contribution in [0.2, 0.25) is 0 Å². The molecule has 6 heteroatoms. The van der Waals surface area contributed by atoms with Gasteiger partial charge in [-0.15, -0.1) is 11.8 Å². The molecule has 0 aliphatic carbocycles. The van der Waals surface area contributed by atoms with E-state index in [4.69, 9.17) is 4.74 Å². The van der Waals surface area contributed by atoms with Crippen molar-refractivity contribution < 1.29 is 14.3 Å². The zero-order chi connectivity index (χ0) is 22.6. The first-order valence-corrected chi connectivity index (χ1v) is 11.6. The van der Waals surface area contributed by atoms with E-state index in [9.17, 15) is 9.59 Å². The van der Waals surface area contributed by atoms with E-state index in [1.54, 1.807) is 0 Å². The number of amides is 2. The molecule has 2 N–H and O–H groups in total. The van der Waals surface area contributed by atoms with E-state index in [0.29, 0.717) is 18.9 Å².